The van der Waals surface area contributed by atoms with E-state index in [0.29, 0.717) is 12.5 Å². The molecular formula is C14H26N4OS. The maximum atomic E-state index is 5.54. The molecule has 0 spiro atoms. The molecule has 6 heteroatoms. The summed E-state index contributed by atoms with van der Waals surface area (Å²) >= 11 is 1.54. The molecule has 0 bridgehead atoms. The fraction of sp³-hybridized carbons (Fsp3) is 0.714. The fourth-order valence-corrected chi connectivity index (χ4v) is 2.08. The Balaban J connectivity index is 2.84. The van der Waals surface area contributed by atoms with Crippen LogP contribution in [-0.4, -0.2) is 42.0 Å². The predicted octanol–water partition coefficient (Wildman–Crippen LogP) is 3.10. The number of aromatic nitrogens is 2. The van der Waals surface area contributed by atoms with Gasteiger partial charge in [0.05, 0.1) is 12.6 Å². The van der Waals surface area contributed by atoms with E-state index in [9.17, 15) is 0 Å². The van der Waals surface area contributed by atoms with Gasteiger partial charge in [-0.05, 0) is 26.0 Å². The van der Waals surface area contributed by atoms with Gasteiger partial charge in [-0.2, -0.15) is 0 Å². The molecule has 0 aliphatic rings. The third-order valence-corrected chi connectivity index (χ3v) is 3.43. The largest absolute Gasteiger partial charge is 0.380 e. The number of rotatable bonds is 9. The van der Waals surface area contributed by atoms with Crippen molar-refractivity contribution in [3.8, 4) is 0 Å². The molecular weight excluding hydrogens is 272 g/mol. The smallest absolute Gasteiger partial charge is 0.191 e. The van der Waals surface area contributed by atoms with Crippen molar-refractivity contribution in [1.29, 1.82) is 0 Å². The molecule has 0 saturated heterocycles. The van der Waals surface area contributed by atoms with Gasteiger partial charge in [0.15, 0.2) is 5.16 Å². The Bertz CT molecular complexity index is 401. The Morgan fingerprint density at radius 3 is 2.50 bits per heavy atom. The van der Waals surface area contributed by atoms with Gasteiger partial charge in [-0.25, -0.2) is 9.97 Å². The van der Waals surface area contributed by atoms with Crippen molar-refractivity contribution in [3.63, 3.8) is 0 Å². The summed E-state index contributed by atoms with van der Waals surface area (Å²) < 4.78 is 5.54. The molecule has 1 rings (SSSR count). The van der Waals surface area contributed by atoms with Gasteiger partial charge in [-0.3, -0.25) is 0 Å². The fourth-order valence-electron chi connectivity index (χ4n) is 1.70. The van der Waals surface area contributed by atoms with Crippen LogP contribution in [0.1, 0.15) is 27.7 Å². The molecule has 1 aromatic rings. The Morgan fingerprint density at radius 2 is 1.95 bits per heavy atom. The first-order valence-electron chi connectivity index (χ1n) is 7.11. The number of hydrogen-bond acceptors (Lipinski definition) is 6. The van der Waals surface area contributed by atoms with Crippen LogP contribution in [-0.2, 0) is 4.74 Å². The monoisotopic (exact) mass is 298 g/mol. The van der Waals surface area contributed by atoms with Crippen molar-refractivity contribution in [2.45, 2.75) is 38.9 Å². The first kappa shape index (κ1) is 17.0. The number of thioether (sulfide) groups is 1. The molecule has 1 atom stereocenters. The van der Waals surface area contributed by atoms with Gasteiger partial charge >= 0.3 is 0 Å². The third kappa shape index (κ3) is 5.54. The van der Waals surface area contributed by atoms with Crippen LogP contribution in [0.25, 0.3) is 0 Å². The van der Waals surface area contributed by atoms with Crippen molar-refractivity contribution >= 4 is 23.4 Å². The lowest BCUT2D eigenvalue weighted by Gasteiger charge is -2.23. The first-order chi connectivity index (χ1) is 9.60. The molecule has 0 fully saturated rings. The minimum atomic E-state index is 0.244. The summed E-state index contributed by atoms with van der Waals surface area (Å²) in [4.78, 5) is 8.94. The quantitative estimate of drug-likeness (QED) is 0.539. The minimum Gasteiger partial charge on any atom is -0.380 e. The van der Waals surface area contributed by atoms with Crippen LogP contribution < -0.4 is 10.6 Å². The zero-order valence-electron chi connectivity index (χ0n) is 13.1. The number of ether oxygens (including phenoxy) is 1. The number of hydrogen-bond donors (Lipinski definition) is 2. The standard InChI is InChI=1S/C14H26N4OS/c1-6-15-12-8-13(18-14(17-12)20-5)16-11(10(3)4)9-19-7-2/h8,10-11H,6-7,9H2,1-5H3,(H2,15,16,17,18). The van der Waals surface area contributed by atoms with E-state index in [0.717, 1.165) is 29.9 Å². The van der Waals surface area contributed by atoms with Gasteiger partial charge in [-0.15, -0.1) is 0 Å². The summed E-state index contributed by atoms with van der Waals surface area (Å²) in [6.07, 6.45) is 1.98. The van der Waals surface area contributed by atoms with Gasteiger partial charge in [0.1, 0.15) is 11.6 Å². The molecule has 1 heterocycles. The topological polar surface area (TPSA) is 59.1 Å². The minimum absolute atomic E-state index is 0.244. The van der Waals surface area contributed by atoms with Crippen LogP contribution >= 0.6 is 11.8 Å². The zero-order chi connectivity index (χ0) is 15.0. The van der Waals surface area contributed by atoms with E-state index in [1.54, 1.807) is 11.8 Å². The molecule has 114 valence electrons. The number of nitrogens with one attached hydrogen (secondary N) is 2. The average Bonchev–Trinajstić information content (AvgIpc) is 2.43. The normalized spacial score (nSPS) is 12.5. The van der Waals surface area contributed by atoms with Crippen LogP contribution in [0.4, 0.5) is 11.6 Å². The Morgan fingerprint density at radius 1 is 1.25 bits per heavy atom. The van der Waals surface area contributed by atoms with E-state index in [1.165, 1.54) is 0 Å². The summed E-state index contributed by atoms with van der Waals surface area (Å²) in [5.41, 5.74) is 0. The summed E-state index contributed by atoms with van der Waals surface area (Å²) in [5, 5.41) is 7.46. The van der Waals surface area contributed by atoms with Crippen LogP contribution in [0.3, 0.4) is 0 Å². The van der Waals surface area contributed by atoms with Crippen molar-refractivity contribution in [2.75, 3.05) is 36.6 Å². The highest BCUT2D eigenvalue weighted by Crippen LogP contribution is 2.19. The lowest BCUT2D eigenvalue weighted by molar-refractivity contribution is 0.126. The Hall–Kier alpha value is -1.01. The van der Waals surface area contributed by atoms with Crippen molar-refractivity contribution in [1.82, 2.24) is 9.97 Å². The maximum absolute atomic E-state index is 5.54. The molecule has 2 N–H and O–H groups in total. The van der Waals surface area contributed by atoms with Gasteiger partial charge < -0.3 is 15.4 Å². The van der Waals surface area contributed by atoms with Crippen molar-refractivity contribution in [2.24, 2.45) is 5.92 Å². The van der Waals surface area contributed by atoms with E-state index in [1.807, 2.05) is 19.2 Å². The van der Waals surface area contributed by atoms with Gasteiger partial charge in [0, 0.05) is 19.2 Å². The van der Waals surface area contributed by atoms with Crippen LogP contribution in [0.5, 0.6) is 0 Å². The van der Waals surface area contributed by atoms with Crippen LogP contribution in [0.15, 0.2) is 11.2 Å². The first-order valence-corrected chi connectivity index (χ1v) is 8.34. The second-order valence-corrected chi connectivity index (χ2v) is 5.58. The highest BCUT2D eigenvalue weighted by Gasteiger charge is 2.15. The molecule has 1 unspecified atom stereocenters. The number of anilines is 2. The predicted molar refractivity (Wildman–Crippen MR) is 86.7 cm³/mol. The van der Waals surface area contributed by atoms with E-state index < -0.39 is 0 Å². The Kier molecular flexibility index (Phi) is 7.69. The molecule has 0 aliphatic carbocycles. The van der Waals surface area contributed by atoms with Crippen molar-refractivity contribution in [3.05, 3.63) is 6.07 Å². The second-order valence-electron chi connectivity index (χ2n) is 4.81. The van der Waals surface area contributed by atoms with Gasteiger partial charge in [0.2, 0.25) is 0 Å². The zero-order valence-corrected chi connectivity index (χ0v) is 13.9. The molecule has 0 radical (unpaired) electrons. The summed E-state index contributed by atoms with van der Waals surface area (Å²) in [6.45, 7) is 10.7. The highest BCUT2D eigenvalue weighted by molar-refractivity contribution is 7.98. The molecule has 0 aromatic carbocycles. The summed E-state index contributed by atoms with van der Waals surface area (Å²) in [5.74, 6) is 2.17. The van der Waals surface area contributed by atoms with E-state index in [4.69, 9.17) is 4.74 Å². The van der Waals surface area contributed by atoms with Crippen molar-refractivity contribution < 1.29 is 4.74 Å². The third-order valence-electron chi connectivity index (χ3n) is 2.89. The SMILES string of the molecule is CCNc1cc(NC(COCC)C(C)C)nc(SC)n1. The molecule has 1 aromatic heterocycles. The molecule has 20 heavy (non-hydrogen) atoms. The van der Waals surface area contributed by atoms with Crippen LogP contribution in [0.2, 0.25) is 0 Å². The highest BCUT2D eigenvalue weighted by atomic mass is 32.2. The molecule has 0 aliphatic heterocycles. The lowest BCUT2D eigenvalue weighted by atomic mass is 10.1. The average molecular weight is 298 g/mol. The maximum Gasteiger partial charge on any atom is 0.191 e. The molecule has 0 saturated carbocycles. The van der Waals surface area contributed by atoms with Gasteiger partial charge in [0.25, 0.3) is 0 Å². The second kappa shape index (κ2) is 9.02. The van der Waals surface area contributed by atoms with Crippen LogP contribution in [0, 0.1) is 5.92 Å². The summed E-state index contributed by atoms with van der Waals surface area (Å²) in [7, 11) is 0. The lowest BCUT2D eigenvalue weighted by Crippen LogP contribution is -2.31. The molecule has 5 nitrogen and oxygen atoms in total. The van der Waals surface area contributed by atoms with Gasteiger partial charge in [-0.1, -0.05) is 25.6 Å². The number of nitrogens with zero attached hydrogens (tertiary/aromatic N) is 2. The van der Waals surface area contributed by atoms with E-state index in [-0.39, 0.29) is 6.04 Å². The van der Waals surface area contributed by atoms with E-state index in [2.05, 4.69) is 41.4 Å². The van der Waals surface area contributed by atoms with E-state index >= 15 is 0 Å². The summed E-state index contributed by atoms with van der Waals surface area (Å²) in [6, 6.07) is 2.19. The Labute approximate surface area is 126 Å². The molecule has 0 amide bonds.